The second-order valence-electron chi connectivity index (χ2n) is 3.53. The van der Waals surface area contributed by atoms with Crippen molar-refractivity contribution >= 4 is 11.6 Å². The Morgan fingerprint density at radius 1 is 1.53 bits per heavy atom. The van der Waals surface area contributed by atoms with Gasteiger partial charge in [-0.2, -0.15) is 5.10 Å². The first-order valence-corrected chi connectivity index (χ1v) is 5.30. The number of aliphatic hydroxyl groups is 1. The van der Waals surface area contributed by atoms with Gasteiger partial charge in [-0.3, -0.25) is 0 Å². The van der Waals surface area contributed by atoms with E-state index in [1.807, 2.05) is 0 Å². The van der Waals surface area contributed by atoms with Gasteiger partial charge in [-0.1, -0.05) is 6.07 Å². The molecule has 0 saturated carbocycles. The molecule has 2 aromatic heterocycles. The molecule has 0 fully saturated rings. The lowest BCUT2D eigenvalue weighted by Crippen LogP contribution is -2.08. The molecule has 2 heterocycles. The van der Waals surface area contributed by atoms with E-state index in [9.17, 15) is 4.79 Å². The largest absolute Gasteiger partial charge is 0.464 e. The molecule has 0 atom stereocenters. The van der Waals surface area contributed by atoms with Gasteiger partial charge in [-0.15, -0.1) is 0 Å². The average molecular weight is 235 g/mol. The molecule has 0 aliphatic carbocycles. The molecule has 0 aromatic carbocycles. The van der Waals surface area contributed by atoms with Gasteiger partial charge in [0, 0.05) is 13.0 Å². The summed E-state index contributed by atoms with van der Waals surface area (Å²) >= 11 is 0. The van der Waals surface area contributed by atoms with Crippen LogP contribution in [0.3, 0.4) is 0 Å². The number of fused-ring (bicyclic) bond motifs is 1. The monoisotopic (exact) mass is 235 g/mol. The van der Waals surface area contributed by atoms with Crippen LogP contribution in [0, 0.1) is 0 Å². The van der Waals surface area contributed by atoms with Crippen molar-refractivity contribution < 1.29 is 14.6 Å². The van der Waals surface area contributed by atoms with Gasteiger partial charge in [-0.05, 0) is 18.6 Å². The van der Waals surface area contributed by atoms with Crippen LogP contribution in [0.15, 0.2) is 18.2 Å². The first-order valence-electron chi connectivity index (χ1n) is 5.30. The van der Waals surface area contributed by atoms with Gasteiger partial charge < -0.3 is 9.84 Å². The van der Waals surface area contributed by atoms with Crippen LogP contribution in [-0.4, -0.2) is 39.4 Å². The van der Waals surface area contributed by atoms with Gasteiger partial charge in [0.15, 0.2) is 17.2 Å². The lowest BCUT2D eigenvalue weighted by Gasteiger charge is -2.00. The lowest BCUT2D eigenvalue weighted by molar-refractivity contribution is 0.0591. The van der Waals surface area contributed by atoms with Crippen LogP contribution in [0.25, 0.3) is 5.65 Å². The van der Waals surface area contributed by atoms with Crippen LogP contribution in [0.2, 0.25) is 0 Å². The summed E-state index contributed by atoms with van der Waals surface area (Å²) in [5.41, 5.74) is 0.939. The highest BCUT2D eigenvalue weighted by molar-refractivity contribution is 5.88. The molecule has 2 aromatic rings. The molecule has 90 valence electrons. The van der Waals surface area contributed by atoms with E-state index >= 15 is 0 Å². The number of hydrogen-bond donors (Lipinski definition) is 1. The van der Waals surface area contributed by atoms with Crippen LogP contribution in [0.5, 0.6) is 0 Å². The topological polar surface area (TPSA) is 76.7 Å². The summed E-state index contributed by atoms with van der Waals surface area (Å²) in [6.07, 6.45) is 1.18. The smallest absolute Gasteiger partial charge is 0.356 e. The third-order valence-electron chi connectivity index (χ3n) is 2.36. The van der Waals surface area contributed by atoms with Crippen LogP contribution in [0.1, 0.15) is 22.7 Å². The Morgan fingerprint density at radius 2 is 2.35 bits per heavy atom. The highest BCUT2D eigenvalue weighted by atomic mass is 16.5. The number of aromatic nitrogens is 3. The molecule has 0 aliphatic rings. The number of aliphatic hydroxyl groups excluding tert-OH is 1. The highest BCUT2D eigenvalue weighted by Gasteiger charge is 2.12. The number of pyridine rings is 1. The predicted molar refractivity (Wildman–Crippen MR) is 59.7 cm³/mol. The number of esters is 1. The molecule has 1 N–H and O–H groups in total. The molecule has 0 aliphatic heterocycles. The number of hydrogen-bond acceptors (Lipinski definition) is 5. The summed E-state index contributed by atoms with van der Waals surface area (Å²) in [7, 11) is 1.32. The van der Waals surface area contributed by atoms with Gasteiger partial charge in [-0.25, -0.2) is 14.3 Å². The summed E-state index contributed by atoms with van der Waals surface area (Å²) in [6, 6.07) is 5.12. The maximum atomic E-state index is 11.5. The first kappa shape index (κ1) is 11.5. The molecule has 0 saturated heterocycles. The Labute approximate surface area is 97.9 Å². The number of aryl methyl sites for hydroxylation is 1. The van der Waals surface area contributed by atoms with E-state index in [-0.39, 0.29) is 6.61 Å². The maximum absolute atomic E-state index is 11.5. The molecule has 0 spiro atoms. The van der Waals surface area contributed by atoms with Crippen molar-refractivity contribution in [2.75, 3.05) is 13.7 Å². The van der Waals surface area contributed by atoms with E-state index in [0.717, 1.165) is 0 Å². The van der Waals surface area contributed by atoms with Crippen molar-refractivity contribution in [1.29, 1.82) is 0 Å². The average Bonchev–Trinajstić information content (AvgIpc) is 2.77. The van der Waals surface area contributed by atoms with E-state index in [1.165, 1.54) is 11.6 Å². The summed E-state index contributed by atoms with van der Waals surface area (Å²) in [4.78, 5) is 15.8. The van der Waals surface area contributed by atoms with E-state index < -0.39 is 5.97 Å². The molecule has 6 nitrogen and oxygen atoms in total. The standard InChI is InChI=1S/C11H13N3O3/c1-17-11(16)8-4-2-6-10-12-9(5-3-7-15)13-14(8)10/h2,4,6,15H,3,5,7H2,1H3. The van der Waals surface area contributed by atoms with Gasteiger partial charge in [0.25, 0.3) is 0 Å². The van der Waals surface area contributed by atoms with Crippen LogP contribution in [-0.2, 0) is 11.2 Å². The number of carbonyl (C=O) groups is 1. The molecule has 0 bridgehead atoms. The summed E-state index contributed by atoms with van der Waals surface area (Å²) in [5.74, 6) is 0.157. The summed E-state index contributed by atoms with van der Waals surface area (Å²) in [5, 5.41) is 13.0. The number of methoxy groups -OCH3 is 1. The fraction of sp³-hybridized carbons (Fsp3) is 0.364. The maximum Gasteiger partial charge on any atom is 0.356 e. The Bertz CT molecular complexity index is 536. The number of carbonyl (C=O) groups excluding carboxylic acids is 1. The third-order valence-corrected chi connectivity index (χ3v) is 2.36. The second-order valence-corrected chi connectivity index (χ2v) is 3.53. The molecular weight excluding hydrogens is 222 g/mol. The van der Waals surface area contributed by atoms with Crippen molar-refractivity contribution in [3.8, 4) is 0 Å². The minimum atomic E-state index is -0.450. The zero-order valence-corrected chi connectivity index (χ0v) is 9.46. The molecule has 17 heavy (non-hydrogen) atoms. The number of ether oxygens (including phenoxy) is 1. The van der Waals surface area contributed by atoms with Crippen molar-refractivity contribution in [1.82, 2.24) is 14.6 Å². The zero-order chi connectivity index (χ0) is 12.3. The molecule has 0 amide bonds. The zero-order valence-electron chi connectivity index (χ0n) is 9.46. The van der Waals surface area contributed by atoms with E-state index in [0.29, 0.717) is 30.0 Å². The van der Waals surface area contributed by atoms with Crippen molar-refractivity contribution in [2.45, 2.75) is 12.8 Å². The van der Waals surface area contributed by atoms with E-state index in [2.05, 4.69) is 14.8 Å². The SMILES string of the molecule is COC(=O)c1cccc2nc(CCCO)nn12. The lowest BCUT2D eigenvalue weighted by atomic mass is 10.3. The Kier molecular flexibility index (Phi) is 3.34. The molecule has 0 radical (unpaired) electrons. The molecule has 6 heteroatoms. The van der Waals surface area contributed by atoms with Crippen molar-refractivity contribution in [3.63, 3.8) is 0 Å². The normalized spacial score (nSPS) is 10.7. The van der Waals surface area contributed by atoms with Gasteiger partial charge in [0.2, 0.25) is 0 Å². The Morgan fingerprint density at radius 3 is 3.06 bits per heavy atom. The molecule has 0 unspecified atom stereocenters. The minimum Gasteiger partial charge on any atom is -0.464 e. The van der Waals surface area contributed by atoms with Gasteiger partial charge >= 0.3 is 5.97 Å². The second kappa shape index (κ2) is 4.92. The Balaban J connectivity index is 2.42. The predicted octanol–water partition coefficient (Wildman–Crippen LogP) is 0.441. The third kappa shape index (κ3) is 2.26. The molecular formula is C11H13N3O3. The fourth-order valence-electron chi connectivity index (χ4n) is 1.55. The van der Waals surface area contributed by atoms with Crippen molar-refractivity contribution in [3.05, 3.63) is 29.7 Å². The van der Waals surface area contributed by atoms with Crippen LogP contribution < -0.4 is 0 Å². The van der Waals surface area contributed by atoms with E-state index in [1.54, 1.807) is 18.2 Å². The highest BCUT2D eigenvalue weighted by Crippen LogP contribution is 2.08. The summed E-state index contributed by atoms with van der Waals surface area (Å²) in [6.45, 7) is 0.0966. The van der Waals surface area contributed by atoms with E-state index in [4.69, 9.17) is 5.11 Å². The first-order chi connectivity index (χ1) is 8.26. The van der Waals surface area contributed by atoms with Crippen LogP contribution >= 0.6 is 0 Å². The van der Waals surface area contributed by atoms with Gasteiger partial charge in [0.05, 0.1) is 7.11 Å². The molecule has 2 rings (SSSR count). The minimum absolute atomic E-state index is 0.0966. The number of rotatable bonds is 4. The van der Waals surface area contributed by atoms with Gasteiger partial charge in [0.1, 0.15) is 0 Å². The quantitative estimate of drug-likeness (QED) is 0.778. The summed E-state index contributed by atoms with van der Waals surface area (Å²) < 4.78 is 6.12. The fourth-order valence-corrected chi connectivity index (χ4v) is 1.55. The Hall–Kier alpha value is -1.95. The number of nitrogens with zero attached hydrogens (tertiary/aromatic N) is 3. The van der Waals surface area contributed by atoms with Crippen LogP contribution in [0.4, 0.5) is 0 Å². The van der Waals surface area contributed by atoms with Crippen molar-refractivity contribution in [2.24, 2.45) is 0 Å².